The molecule has 0 radical (unpaired) electrons. The average molecular weight is 206 g/mol. The number of oxazole rings is 1. The summed E-state index contributed by atoms with van der Waals surface area (Å²) in [5, 5.41) is 3.27. The molecule has 1 aromatic heterocycles. The fourth-order valence-electron chi connectivity index (χ4n) is 1.73. The maximum Gasteiger partial charge on any atom is 0.417 e. The number of rotatable bonds is 0. The highest BCUT2D eigenvalue weighted by Crippen LogP contribution is 2.32. The van der Waals surface area contributed by atoms with E-state index in [1.54, 1.807) is 6.07 Å². The van der Waals surface area contributed by atoms with Crippen molar-refractivity contribution in [1.29, 1.82) is 0 Å². The molecule has 1 atom stereocenters. The molecule has 78 valence electrons. The Kier molecular flexibility index (Phi) is 1.56. The molecule has 0 spiro atoms. The van der Waals surface area contributed by atoms with Crippen molar-refractivity contribution in [2.24, 2.45) is 0 Å². The van der Waals surface area contributed by atoms with Crippen molar-refractivity contribution in [3.05, 3.63) is 22.7 Å². The van der Waals surface area contributed by atoms with E-state index in [1.807, 2.05) is 13.0 Å². The predicted octanol–water partition coefficient (Wildman–Crippen LogP) is 1.31. The Balaban J connectivity index is 2.23. The Morgan fingerprint density at radius 2 is 2.33 bits per heavy atom. The van der Waals surface area contributed by atoms with Crippen LogP contribution < -0.4 is 15.8 Å². The zero-order valence-electron chi connectivity index (χ0n) is 8.16. The largest absolute Gasteiger partial charge is 0.489 e. The Labute approximate surface area is 85.0 Å². The maximum absolute atomic E-state index is 11.0. The molecule has 1 unspecified atom stereocenters. The third-order valence-electron chi connectivity index (χ3n) is 2.41. The summed E-state index contributed by atoms with van der Waals surface area (Å²) in [5.41, 5.74) is 2.09. The van der Waals surface area contributed by atoms with Gasteiger partial charge < -0.3 is 14.5 Å². The highest BCUT2D eigenvalue weighted by atomic mass is 16.5. The number of benzene rings is 1. The molecule has 0 saturated heterocycles. The number of aromatic nitrogens is 1. The van der Waals surface area contributed by atoms with Crippen LogP contribution in [-0.4, -0.2) is 17.6 Å². The number of fused-ring (bicyclic) bond motifs is 2. The predicted molar refractivity (Wildman–Crippen MR) is 55.4 cm³/mol. The van der Waals surface area contributed by atoms with Gasteiger partial charge in [-0.05, 0) is 13.0 Å². The van der Waals surface area contributed by atoms with E-state index >= 15 is 0 Å². The van der Waals surface area contributed by atoms with Gasteiger partial charge in [-0.1, -0.05) is 0 Å². The molecule has 2 heterocycles. The molecule has 1 aromatic carbocycles. The molecule has 2 aromatic rings. The van der Waals surface area contributed by atoms with E-state index in [4.69, 9.17) is 9.15 Å². The summed E-state index contributed by atoms with van der Waals surface area (Å²) < 4.78 is 10.5. The van der Waals surface area contributed by atoms with Gasteiger partial charge in [-0.15, -0.1) is 0 Å². The van der Waals surface area contributed by atoms with Crippen LogP contribution in [0.4, 0.5) is 5.69 Å². The summed E-state index contributed by atoms with van der Waals surface area (Å²) in [6.07, 6.45) is 0. The summed E-state index contributed by atoms with van der Waals surface area (Å²) in [6, 6.07) is 3.82. The minimum absolute atomic E-state index is 0.272. The molecule has 1 aliphatic heterocycles. The molecule has 0 saturated carbocycles. The van der Waals surface area contributed by atoms with Crippen molar-refractivity contribution in [2.75, 3.05) is 11.9 Å². The quantitative estimate of drug-likeness (QED) is 0.682. The number of H-pyrrole nitrogens is 1. The van der Waals surface area contributed by atoms with E-state index < -0.39 is 5.76 Å². The number of anilines is 1. The number of nitrogens with one attached hydrogen (secondary N) is 2. The van der Waals surface area contributed by atoms with Crippen LogP contribution in [0, 0.1) is 0 Å². The standard InChI is InChI=1S/C10H10N2O3/c1-5-4-14-8-3-9-7(2-6(8)11-5)12-10(13)15-9/h2-3,5,11H,4H2,1H3,(H,12,13). The van der Waals surface area contributed by atoms with Crippen molar-refractivity contribution in [3.63, 3.8) is 0 Å². The van der Waals surface area contributed by atoms with Crippen LogP contribution >= 0.6 is 0 Å². The minimum atomic E-state index is -0.444. The van der Waals surface area contributed by atoms with E-state index in [2.05, 4.69) is 10.3 Å². The lowest BCUT2D eigenvalue weighted by atomic mass is 10.2. The SMILES string of the molecule is CC1COc2cc3oc(=O)[nH]c3cc2N1. The molecular weight excluding hydrogens is 196 g/mol. The molecule has 5 heteroatoms. The average Bonchev–Trinajstić information content (AvgIpc) is 2.53. The fraction of sp³-hybridized carbons (Fsp3) is 0.300. The molecule has 0 bridgehead atoms. The second-order valence-corrected chi connectivity index (χ2v) is 3.72. The van der Waals surface area contributed by atoms with Gasteiger partial charge in [0, 0.05) is 6.07 Å². The third kappa shape index (κ3) is 1.27. The van der Waals surface area contributed by atoms with Gasteiger partial charge in [0.05, 0.1) is 17.2 Å². The first-order valence-corrected chi connectivity index (χ1v) is 4.78. The molecular formula is C10H10N2O3. The zero-order valence-corrected chi connectivity index (χ0v) is 8.16. The van der Waals surface area contributed by atoms with Gasteiger partial charge in [-0.25, -0.2) is 4.79 Å². The Hall–Kier alpha value is -1.91. The van der Waals surface area contributed by atoms with E-state index in [-0.39, 0.29) is 6.04 Å². The third-order valence-corrected chi connectivity index (χ3v) is 2.41. The topological polar surface area (TPSA) is 67.3 Å². The summed E-state index contributed by atoms with van der Waals surface area (Å²) in [5.74, 6) is 0.281. The smallest absolute Gasteiger partial charge is 0.417 e. The lowest BCUT2D eigenvalue weighted by Gasteiger charge is -2.24. The maximum atomic E-state index is 11.0. The van der Waals surface area contributed by atoms with Gasteiger partial charge in [0.1, 0.15) is 12.4 Å². The Morgan fingerprint density at radius 1 is 1.47 bits per heavy atom. The van der Waals surface area contributed by atoms with Crippen molar-refractivity contribution >= 4 is 16.8 Å². The van der Waals surface area contributed by atoms with Crippen LogP contribution in [0.1, 0.15) is 6.92 Å². The lowest BCUT2D eigenvalue weighted by Crippen LogP contribution is -2.28. The first-order chi connectivity index (χ1) is 7.22. The molecule has 2 N–H and O–H groups in total. The lowest BCUT2D eigenvalue weighted by molar-refractivity contribution is 0.292. The van der Waals surface area contributed by atoms with Crippen LogP contribution in [0.5, 0.6) is 5.75 Å². The number of ether oxygens (including phenoxy) is 1. The van der Waals surface area contributed by atoms with Gasteiger partial charge in [0.25, 0.3) is 0 Å². The summed E-state index contributed by atoms with van der Waals surface area (Å²) in [4.78, 5) is 13.6. The summed E-state index contributed by atoms with van der Waals surface area (Å²) in [6.45, 7) is 2.65. The first-order valence-electron chi connectivity index (χ1n) is 4.78. The first kappa shape index (κ1) is 8.40. The van der Waals surface area contributed by atoms with Crippen LogP contribution in [-0.2, 0) is 0 Å². The second-order valence-electron chi connectivity index (χ2n) is 3.72. The Bertz CT molecular complexity index is 570. The van der Waals surface area contributed by atoms with Crippen molar-refractivity contribution in [2.45, 2.75) is 13.0 Å². The van der Waals surface area contributed by atoms with Gasteiger partial charge in [-0.2, -0.15) is 0 Å². The zero-order chi connectivity index (χ0) is 10.4. The molecule has 3 rings (SSSR count). The van der Waals surface area contributed by atoms with Gasteiger partial charge in [-0.3, -0.25) is 4.98 Å². The number of aromatic amines is 1. The molecule has 0 aliphatic carbocycles. The summed E-state index contributed by atoms with van der Waals surface area (Å²) in [7, 11) is 0. The van der Waals surface area contributed by atoms with Crippen molar-refractivity contribution < 1.29 is 9.15 Å². The van der Waals surface area contributed by atoms with E-state index in [0.717, 1.165) is 11.4 Å². The van der Waals surface area contributed by atoms with Crippen molar-refractivity contribution in [1.82, 2.24) is 4.98 Å². The molecule has 0 amide bonds. The van der Waals surface area contributed by atoms with E-state index in [0.29, 0.717) is 17.7 Å². The molecule has 15 heavy (non-hydrogen) atoms. The second kappa shape index (κ2) is 2.79. The highest BCUT2D eigenvalue weighted by Gasteiger charge is 2.17. The number of hydrogen-bond donors (Lipinski definition) is 2. The van der Waals surface area contributed by atoms with Gasteiger partial charge in [0.15, 0.2) is 5.58 Å². The van der Waals surface area contributed by atoms with Crippen LogP contribution in [0.15, 0.2) is 21.3 Å². The van der Waals surface area contributed by atoms with Gasteiger partial charge >= 0.3 is 5.76 Å². The van der Waals surface area contributed by atoms with E-state index in [9.17, 15) is 4.79 Å². The minimum Gasteiger partial charge on any atom is -0.489 e. The monoisotopic (exact) mass is 206 g/mol. The molecule has 0 fully saturated rings. The van der Waals surface area contributed by atoms with Gasteiger partial charge in [0.2, 0.25) is 0 Å². The fourth-order valence-corrected chi connectivity index (χ4v) is 1.73. The van der Waals surface area contributed by atoms with Crippen LogP contribution in [0.25, 0.3) is 11.1 Å². The van der Waals surface area contributed by atoms with Crippen LogP contribution in [0.2, 0.25) is 0 Å². The Morgan fingerprint density at radius 3 is 3.20 bits per heavy atom. The normalized spacial score (nSPS) is 19.4. The highest BCUT2D eigenvalue weighted by molar-refractivity contribution is 5.81. The molecule has 1 aliphatic rings. The molecule has 5 nitrogen and oxygen atoms in total. The number of hydrogen-bond acceptors (Lipinski definition) is 4. The van der Waals surface area contributed by atoms with E-state index in [1.165, 1.54) is 0 Å². The van der Waals surface area contributed by atoms with Crippen LogP contribution in [0.3, 0.4) is 0 Å². The summed E-state index contributed by atoms with van der Waals surface area (Å²) >= 11 is 0. The van der Waals surface area contributed by atoms with Crippen molar-refractivity contribution in [3.8, 4) is 5.75 Å².